The van der Waals surface area contributed by atoms with Crippen molar-refractivity contribution >= 4 is 19.4 Å². The Morgan fingerprint density at radius 1 is 0.700 bits per heavy atom. The average molecular weight is 190 g/mol. The molecule has 7 heteroatoms. The molecule has 0 aromatic rings. The summed E-state index contributed by atoms with van der Waals surface area (Å²) in [5.74, 6) is 0. The van der Waals surface area contributed by atoms with Gasteiger partial charge in [0, 0.05) is 17.4 Å². The van der Waals surface area contributed by atoms with Crippen LogP contribution in [-0.2, 0) is 31.7 Å². The average Bonchev–Trinajstić information content (AvgIpc) is 1.70. The van der Waals surface area contributed by atoms with Gasteiger partial charge in [-0.15, -0.1) is 0 Å². The molecule has 0 aromatic carbocycles. The van der Waals surface area contributed by atoms with Crippen LogP contribution in [0.1, 0.15) is 0 Å². The van der Waals surface area contributed by atoms with Crippen molar-refractivity contribution in [2.45, 2.75) is 0 Å². The van der Waals surface area contributed by atoms with E-state index in [-0.39, 0.29) is 36.8 Å². The molecule has 0 saturated heterocycles. The molecule has 0 bridgehead atoms. The fourth-order valence-electron chi connectivity index (χ4n) is 0. The van der Waals surface area contributed by atoms with E-state index in [9.17, 15) is 0 Å². The predicted molar refractivity (Wildman–Crippen MR) is 26.1 cm³/mol. The van der Waals surface area contributed by atoms with Crippen LogP contribution < -0.4 is 0 Å². The molecule has 0 aliphatic rings. The number of rotatable bonds is 0. The smallest absolute Gasteiger partial charge is 0.290 e. The van der Waals surface area contributed by atoms with Gasteiger partial charge in [0.05, 0.1) is 0 Å². The van der Waals surface area contributed by atoms with Crippen molar-refractivity contribution in [3.8, 4) is 0 Å². The maximum atomic E-state index is 8.36. The van der Waals surface area contributed by atoms with Crippen molar-refractivity contribution in [2.24, 2.45) is 0 Å². The molecule has 3 N–H and O–H groups in total. The van der Waals surface area contributed by atoms with Gasteiger partial charge in [0.25, 0.3) is 19.4 Å². The third-order valence-corrected chi connectivity index (χ3v) is 0. The van der Waals surface area contributed by atoms with Gasteiger partial charge in [0.15, 0.2) is 0 Å². The Morgan fingerprint density at radius 3 is 0.700 bits per heavy atom. The summed E-state index contributed by atoms with van der Waals surface area (Å²) < 4.78 is 0. The largest absolute Gasteiger partial charge is 0.483 e. The first-order valence-electron chi connectivity index (χ1n) is 1.48. The van der Waals surface area contributed by atoms with E-state index < -0.39 is 0 Å². The maximum absolute atomic E-state index is 8.36. The predicted octanol–water partition coefficient (Wildman–Crippen LogP) is -0.900. The van der Waals surface area contributed by atoms with Crippen LogP contribution in [-0.4, -0.2) is 34.7 Å². The van der Waals surface area contributed by atoms with E-state index in [1.165, 1.54) is 0 Å². The number of carboxylic acid groups (broad SMARTS) is 3. The first-order chi connectivity index (χ1) is 4.24. The van der Waals surface area contributed by atoms with Crippen LogP contribution in [0.4, 0.5) is 0 Å². The van der Waals surface area contributed by atoms with Crippen LogP contribution in [0.25, 0.3) is 0 Å². The first kappa shape index (κ1) is 23.1. The van der Waals surface area contributed by atoms with Gasteiger partial charge in [-0.2, -0.15) is 0 Å². The van der Waals surface area contributed by atoms with Gasteiger partial charge in [0.2, 0.25) is 0 Å². The molecule has 0 aliphatic heterocycles. The topological polar surface area (TPSA) is 112 Å². The van der Waals surface area contributed by atoms with Crippen molar-refractivity contribution in [1.29, 1.82) is 0 Å². The summed E-state index contributed by atoms with van der Waals surface area (Å²) in [5, 5.41) is 20.7. The van der Waals surface area contributed by atoms with Crippen molar-refractivity contribution in [3.05, 3.63) is 0 Å². The minimum absolute atomic E-state index is 0. The fraction of sp³-hybridized carbons (Fsp3) is 0. The number of carbonyl (C=O) groups is 3. The van der Waals surface area contributed by atoms with E-state index in [2.05, 4.69) is 0 Å². The molecule has 0 heterocycles. The van der Waals surface area contributed by atoms with Crippen LogP contribution in [0, 0.1) is 0 Å². The summed E-state index contributed by atoms with van der Waals surface area (Å²) >= 11 is 0. The first-order valence-corrected chi connectivity index (χ1v) is 1.48. The molecular formula is C3H6CrO6. The molecule has 0 rings (SSSR count). The summed E-state index contributed by atoms with van der Waals surface area (Å²) in [5.41, 5.74) is 0. The molecule has 0 spiro atoms. The van der Waals surface area contributed by atoms with E-state index in [1.807, 2.05) is 0 Å². The molecule has 0 atom stereocenters. The second-order valence-corrected chi connectivity index (χ2v) is 0.316. The Labute approximate surface area is 67.2 Å². The van der Waals surface area contributed by atoms with Crippen LogP contribution in [0.5, 0.6) is 0 Å². The van der Waals surface area contributed by atoms with E-state index in [1.54, 1.807) is 0 Å². The van der Waals surface area contributed by atoms with Gasteiger partial charge in [-0.1, -0.05) is 0 Å². The molecule has 0 aromatic heterocycles. The van der Waals surface area contributed by atoms with Gasteiger partial charge in [-0.25, -0.2) is 0 Å². The van der Waals surface area contributed by atoms with Gasteiger partial charge < -0.3 is 15.3 Å². The molecule has 0 unspecified atom stereocenters. The standard InChI is InChI=1S/3CH2O2.Cr/c3*2-1-3;/h3*1H,(H,2,3);. The minimum atomic E-state index is -0.250. The Morgan fingerprint density at radius 2 is 0.700 bits per heavy atom. The Balaban J connectivity index is -0.0000000257. The van der Waals surface area contributed by atoms with Gasteiger partial charge in [0.1, 0.15) is 0 Å². The van der Waals surface area contributed by atoms with E-state index in [4.69, 9.17) is 29.7 Å². The molecule has 10 heavy (non-hydrogen) atoms. The van der Waals surface area contributed by atoms with Gasteiger partial charge >= 0.3 is 0 Å². The molecular weight excluding hydrogens is 184 g/mol. The minimum Gasteiger partial charge on any atom is -0.483 e. The van der Waals surface area contributed by atoms with E-state index in [0.717, 1.165) is 0 Å². The second-order valence-electron chi connectivity index (χ2n) is 0.316. The zero-order valence-electron chi connectivity index (χ0n) is 4.71. The van der Waals surface area contributed by atoms with Gasteiger partial charge in [-0.3, -0.25) is 14.4 Å². The molecule has 60 valence electrons. The molecule has 0 saturated carbocycles. The quantitative estimate of drug-likeness (QED) is 0.426. The van der Waals surface area contributed by atoms with E-state index in [0.29, 0.717) is 0 Å². The second kappa shape index (κ2) is 101. The Kier molecular flexibility index (Phi) is 234. The molecule has 0 amide bonds. The van der Waals surface area contributed by atoms with Crippen LogP contribution >= 0.6 is 0 Å². The summed E-state index contributed by atoms with van der Waals surface area (Å²) in [6, 6.07) is 0. The van der Waals surface area contributed by atoms with Crippen LogP contribution in [0.3, 0.4) is 0 Å². The van der Waals surface area contributed by atoms with Crippen molar-refractivity contribution in [2.75, 3.05) is 0 Å². The monoisotopic (exact) mass is 190 g/mol. The zero-order chi connectivity index (χ0) is 8.12. The zero-order valence-corrected chi connectivity index (χ0v) is 5.98. The molecule has 0 radical (unpaired) electrons. The summed E-state index contributed by atoms with van der Waals surface area (Å²) in [6.45, 7) is -0.750. The van der Waals surface area contributed by atoms with Crippen molar-refractivity contribution in [1.82, 2.24) is 0 Å². The van der Waals surface area contributed by atoms with Crippen molar-refractivity contribution in [3.63, 3.8) is 0 Å². The normalized spacial score (nSPS) is 3.60. The summed E-state index contributed by atoms with van der Waals surface area (Å²) in [6.07, 6.45) is 0. The number of hydrogen-bond donors (Lipinski definition) is 3. The third kappa shape index (κ3) is 219. The van der Waals surface area contributed by atoms with E-state index >= 15 is 0 Å². The molecule has 0 fully saturated rings. The Bertz CT molecular complexity index is 49.7. The van der Waals surface area contributed by atoms with Gasteiger partial charge in [-0.05, 0) is 0 Å². The molecule has 0 aliphatic carbocycles. The van der Waals surface area contributed by atoms with Crippen LogP contribution in [0.2, 0.25) is 0 Å². The summed E-state index contributed by atoms with van der Waals surface area (Å²) in [7, 11) is 0. The fourth-order valence-corrected chi connectivity index (χ4v) is 0. The van der Waals surface area contributed by atoms with Crippen LogP contribution in [0.15, 0.2) is 0 Å². The third-order valence-electron chi connectivity index (χ3n) is 0. The maximum Gasteiger partial charge on any atom is 0.290 e. The molecule has 6 nitrogen and oxygen atoms in total. The Hall–Kier alpha value is -1.06. The number of hydrogen-bond acceptors (Lipinski definition) is 3. The summed E-state index contributed by atoms with van der Waals surface area (Å²) in [4.78, 5) is 25.1. The SMILES string of the molecule is O=CO.O=CO.O=CO.[Cr]. The van der Waals surface area contributed by atoms with Crippen molar-refractivity contribution < 1.29 is 47.1 Å².